The van der Waals surface area contributed by atoms with Crippen molar-refractivity contribution in [1.82, 2.24) is 14.3 Å². The third-order valence-electron chi connectivity index (χ3n) is 3.44. The molecular formula is C16H22FN3O2S. The van der Waals surface area contributed by atoms with Crippen LogP contribution in [0, 0.1) is 5.82 Å². The van der Waals surface area contributed by atoms with Gasteiger partial charge >= 0.3 is 0 Å². The number of nitrogens with zero attached hydrogens (tertiary/aromatic N) is 2. The zero-order chi connectivity index (χ0) is 17.2. The van der Waals surface area contributed by atoms with E-state index >= 15 is 0 Å². The predicted octanol–water partition coefficient (Wildman–Crippen LogP) is 2.71. The van der Waals surface area contributed by atoms with E-state index in [1.807, 2.05) is 32.4 Å². The molecule has 7 heteroatoms. The molecule has 23 heavy (non-hydrogen) atoms. The highest BCUT2D eigenvalue weighted by atomic mass is 32.2. The molecular weight excluding hydrogens is 317 g/mol. The molecule has 0 radical (unpaired) electrons. The fraction of sp³-hybridized carbons (Fsp3) is 0.438. The summed E-state index contributed by atoms with van der Waals surface area (Å²) in [6.07, 6.45) is 3.34. The first-order valence-corrected chi connectivity index (χ1v) is 8.36. The van der Waals surface area contributed by atoms with Gasteiger partial charge in [0, 0.05) is 18.4 Å². The van der Waals surface area contributed by atoms with E-state index in [0.29, 0.717) is 5.56 Å². The van der Waals surface area contributed by atoms with Crippen LogP contribution >= 0.6 is 0 Å². The van der Waals surface area contributed by atoms with Crippen molar-refractivity contribution < 1.29 is 13.7 Å². The number of hydrogen-bond acceptors (Lipinski definition) is 4. The van der Waals surface area contributed by atoms with E-state index in [0.717, 1.165) is 5.69 Å². The van der Waals surface area contributed by atoms with Crippen LogP contribution in [0.1, 0.15) is 38.1 Å². The number of ether oxygens (including phenoxy) is 1. The number of rotatable bonds is 5. The zero-order valence-electron chi connectivity index (χ0n) is 14.0. The summed E-state index contributed by atoms with van der Waals surface area (Å²) in [5, 5.41) is 0. The molecule has 0 aliphatic rings. The lowest BCUT2D eigenvalue weighted by molar-refractivity contribution is 0.386. The first kappa shape index (κ1) is 17.8. The van der Waals surface area contributed by atoms with E-state index < -0.39 is 28.0 Å². The summed E-state index contributed by atoms with van der Waals surface area (Å²) in [7, 11) is 3.26. The molecule has 1 aromatic heterocycles. The van der Waals surface area contributed by atoms with Crippen LogP contribution in [0.15, 0.2) is 30.7 Å². The molecule has 126 valence electrons. The highest BCUT2D eigenvalue weighted by Crippen LogP contribution is 2.28. The van der Waals surface area contributed by atoms with Crippen LogP contribution in [0.25, 0.3) is 0 Å². The van der Waals surface area contributed by atoms with Gasteiger partial charge in [0.25, 0.3) is 0 Å². The molecule has 0 amide bonds. The van der Waals surface area contributed by atoms with Gasteiger partial charge in [0.1, 0.15) is 10.8 Å². The Morgan fingerprint density at radius 2 is 2.09 bits per heavy atom. The maximum absolute atomic E-state index is 14.1. The Morgan fingerprint density at radius 1 is 1.39 bits per heavy atom. The van der Waals surface area contributed by atoms with Gasteiger partial charge in [-0.1, -0.05) is 6.07 Å². The van der Waals surface area contributed by atoms with Crippen LogP contribution in [-0.2, 0) is 18.4 Å². The average Bonchev–Trinajstić information content (AvgIpc) is 2.89. The molecule has 2 rings (SSSR count). The second kappa shape index (κ2) is 6.90. The summed E-state index contributed by atoms with van der Waals surface area (Å²) in [4.78, 5) is 4.10. The molecule has 2 atom stereocenters. The molecule has 1 heterocycles. The van der Waals surface area contributed by atoms with Crippen LogP contribution in [0.4, 0.5) is 4.39 Å². The number of benzene rings is 1. The van der Waals surface area contributed by atoms with Gasteiger partial charge in [-0.05, 0) is 38.5 Å². The average molecular weight is 339 g/mol. The molecule has 0 fully saturated rings. The predicted molar refractivity (Wildman–Crippen MR) is 89.0 cm³/mol. The molecule has 0 bridgehead atoms. The topological polar surface area (TPSA) is 62.1 Å². The third-order valence-corrected chi connectivity index (χ3v) is 5.00. The van der Waals surface area contributed by atoms with E-state index in [2.05, 4.69) is 9.71 Å². The number of aromatic nitrogens is 2. The highest BCUT2D eigenvalue weighted by Gasteiger charge is 2.32. The fourth-order valence-electron chi connectivity index (χ4n) is 2.09. The number of halogens is 1. The summed E-state index contributed by atoms with van der Waals surface area (Å²) < 4.78 is 36.0. The molecule has 1 N–H and O–H groups in total. The largest absolute Gasteiger partial charge is 0.598 e. The van der Waals surface area contributed by atoms with Crippen LogP contribution < -0.4 is 9.46 Å². The van der Waals surface area contributed by atoms with E-state index in [-0.39, 0.29) is 5.75 Å². The molecule has 1 aromatic carbocycles. The Balaban J connectivity index is 2.42. The minimum atomic E-state index is -1.32. The minimum absolute atomic E-state index is 0.175. The van der Waals surface area contributed by atoms with Crippen LogP contribution in [0.5, 0.6) is 5.75 Å². The van der Waals surface area contributed by atoms with Crippen molar-refractivity contribution in [3.63, 3.8) is 0 Å². The molecule has 0 saturated carbocycles. The first-order chi connectivity index (χ1) is 10.7. The quantitative estimate of drug-likeness (QED) is 0.851. The molecule has 0 spiro atoms. The van der Waals surface area contributed by atoms with Crippen molar-refractivity contribution in [2.24, 2.45) is 7.05 Å². The lowest BCUT2D eigenvalue weighted by Crippen LogP contribution is -2.42. The lowest BCUT2D eigenvalue weighted by Gasteiger charge is -2.28. The van der Waals surface area contributed by atoms with Crippen molar-refractivity contribution >= 4 is 11.4 Å². The Bertz CT molecular complexity index is 670. The van der Waals surface area contributed by atoms with Gasteiger partial charge in [0.15, 0.2) is 11.6 Å². The minimum Gasteiger partial charge on any atom is -0.598 e. The lowest BCUT2D eigenvalue weighted by atomic mass is 10.0. The van der Waals surface area contributed by atoms with E-state index in [9.17, 15) is 8.94 Å². The standard InChI is InChI=1S/C16H22FN3O2S/c1-16(2,3)23(21)19-15(13-9-18-10-20(13)4)11-6-7-14(22-5)12(17)8-11/h6-10,15,19H,1-5H3/t15-,23?/m0/s1. The third kappa shape index (κ3) is 4.04. The molecule has 2 aromatic rings. The normalized spacial score (nSPS) is 14.6. The van der Waals surface area contributed by atoms with Crippen molar-refractivity contribution in [3.8, 4) is 5.75 Å². The van der Waals surface area contributed by atoms with Gasteiger partial charge in [-0.25, -0.2) is 9.37 Å². The summed E-state index contributed by atoms with van der Waals surface area (Å²) >= 11 is -1.32. The number of imidazole rings is 1. The van der Waals surface area contributed by atoms with Crippen LogP contribution in [0.3, 0.4) is 0 Å². The SMILES string of the molecule is COc1ccc([C@H](N[S+]([O-])C(C)(C)C)c2cncn2C)cc1F. The smallest absolute Gasteiger partial charge is 0.165 e. The highest BCUT2D eigenvalue weighted by molar-refractivity contribution is 7.90. The molecule has 1 unspecified atom stereocenters. The molecule has 0 saturated heterocycles. The van der Waals surface area contributed by atoms with Gasteiger partial charge < -0.3 is 13.9 Å². The summed E-state index contributed by atoms with van der Waals surface area (Å²) in [5.41, 5.74) is 1.46. The zero-order valence-corrected chi connectivity index (χ0v) is 14.8. The second-order valence-electron chi connectivity index (χ2n) is 6.26. The number of nitrogens with one attached hydrogen (secondary N) is 1. The number of methoxy groups -OCH3 is 1. The second-order valence-corrected chi connectivity index (χ2v) is 8.25. The summed E-state index contributed by atoms with van der Waals surface area (Å²) in [6.45, 7) is 5.64. The summed E-state index contributed by atoms with van der Waals surface area (Å²) in [6, 6.07) is 4.27. The van der Waals surface area contributed by atoms with Crippen molar-refractivity contribution in [2.75, 3.05) is 7.11 Å². The van der Waals surface area contributed by atoms with Crippen LogP contribution in [-0.4, -0.2) is 26.0 Å². The summed E-state index contributed by atoms with van der Waals surface area (Å²) in [5.74, 6) is -0.282. The van der Waals surface area contributed by atoms with Gasteiger partial charge in [-0.2, -0.15) is 0 Å². The van der Waals surface area contributed by atoms with Gasteiger partial charge in [-0.15, -0.1) is 4.72 Å². The Hall–Kier alpha value is -1.57. The Kier molecular flexibility index (Phi) is 5.33. The van der Waals surface area contributed by atoms with Crippen molar-refractivity contribution in [1.29, 1.82) is 0 Å². The van der Waals surface area contributed by atoms with Crippen molar-refractivity contribution in [3.05, 3.63) is 47.8 Å². The maximum Gasteiger partial charge on any atom is 0.165 e. The van der Waals surface area contributed by atoms with E-state index in [1.54, 1.807) is 24.7 Å². The number of aryl methyl sites for hydroxylation is 1. The van der Waals surface area contributed by atoms with E-state index in [4.69, 9.17) is 4.74 Å². The molecule has 5 nitrogen and oxygen atoms in total. The van der Waals surface area contributed by atoms with Gasteiger partial charge in [0.2, 0.25) is 0 Å². The Labute approximate surface area is 139 Å². The van der Waals surface area contributed by atoms with Crippen molar-refractivity contribution in [2.45, 2.75) is 31.6 Å². The maximum atomic E-state index is 14.1. The first-order valence-electron chi connectivity index (χ1n) is 7.21. The molecule has 0 aliphatic carbocycles. The Morgan fingerprint density at radius 3 is 2.57 bits per heavy atom. The van der Waals surface area contributed by atoms with Crippen LogP contribution in [0.2, 0.25) is 0 Å². The molecule has 0 aliphatic heterocycles. The monoisotopic (exact) mass is 339 g/mol. The van der Waals surface area contributed by atoms with Gasteiger partial charge in [-0.3, -0.25) is 0 Å². The number of hydrogen-bond donors (Lipinski definition) is 1. The fourth-order valence-corrected chi connectivity index (χ4v) is 2.92. The van der Waals surface area contributed by atoms with E-state index in [1.165, 1.54) is 13.2 Å². The van der Waals surface area contributed by atoms with Gasteiger partial charge in [0.05, 0.1) is 25.3 Å².